The second kappa shape index (κ2) is 4.98. The normalized spacial score (nSPS) is 25.9. The molecule has 1 aliphatic rings. The maximum atomic E-state index is 4.57. The summed E-state index contributed by atoms with van der Waals surface area (Å²) < 4.78 is 2.14. The number of halogens is 2. The van der Waals surface area contributed by atoms with Crippen molar-refractivity contribution < 1.29 is 0 Å². The summed E-state index contributed by atoms with van der Waals surface area (Å²) in [6.07, 6.45) is 1.89. The third-order valence-corrected chi connectivity index (χ3v) is 4.86. The van der Waals surface area contributed by atoms with E-state index in [2.05, 4.69) is 69.0 Å². The minimum Gasteiger partial charge on any atom is -0.317 e. The maximum absolute atomic E-state index is 4.57. The van der Waals surface area contributed by atoms with Gasteiger partial charge in [0.05, 0.1) is 5.69 Å². The smallest absolute Gasteiger partial charge is 0.0586 e. The summed E-state index contributed by atoms with van der Waals surface area (Å²) in [7, 11) is 0. The monoisotopic (exact) mass is 360 g/mol. The third kappa shape index (κ3) is 2.59. The van der Waals surface area contributed by atoms with Gasteiger partial charge in [0.15, 0.2) is 0 Å². The first-order valence-electron chi connectivity index (χ1n) is 6.00. The van der Waals surface area contributed by atoms with Crippen LogP contribution in [0.2, 0.25) is 0 Å². The van der Waals surface area contributed by atoms with Crippen LogP contribution in [-0.4, -0.2) is 18.1 Å². The number of hydrogen-bond acceptors (Lipinski definition) is 2. The number of pyridine rings is 1. The second-order valence-corrected chi connectivity index (χ2v) is 7.00. The Morgan fingerprint density at radius 1 is 1.41 bits per heavy atom. The van der Waals surface area contributed by atoms with E-state index in [4.69, 9.17) is 0 Å². The van der Waals surface area contributed by atoms with E-state index >= 15 is 0 Å². The van der Waals surface area contributed by atoms with Gasteiger partial charge in [-0.15, -0.1) is 0 Å². The molecule has 2 unspecified atom stereocenters. The molecule has 17 heavy (non-hydrogen) atoms. The van der Waals surface area contributed by atoms with Gasteiger partial charge in [-0.05, 0) is 62.3 Å². The molecule has 2 atom stereocenters. The third-order valence-electron chi connectivity index (χ3n) is 3.80. The number of nitrogens with zero attached hydrogens (tertiary/aromatic N) is 1. The summed E-state index contributed by atoms with van der Waals surface area (Å²) in [5.41, 5.74) is 1.55. The van der Waals surface area contributed by atoms with Crippen LogP contribution in [0.4, 0.5) is 0 Å². The maximum Gasteiger partial charge on any atom is 0.0586 e. The molecular weight excluding hydrogens is 344 g/mol. The van der Waals surface area contributed by atoms with Crippen LogP contribution in [0.1, 0.15) is 32.4 Å². The lowest BCUT2D eigenvalue weighted by Crippen LogP contribution is -2.17. The second-order valence-electron chi connectivity index (χ2n) is 5.23. The van der Waals surface area contributed by atoms with Gasteiger partial charge >= 0.3 is 0 Å². The van der Waals surface area contributed by atoms with Crippen LogP contribution in [0.5, 0.6) is 0 Å². The van der Waals surface area contributed by atoms with Crippen LogP contribution >= 0.6 is 31.9 Å². The summed E-state index contributed by atoms with van der Waals surface area (Å²) in [5, 5.41) is 3.44. The first-order valence-corrected chi connectivity index (χ1v) is 7.58. The van der Waals surface area contributed by atoms with Crippen LogP contribution in [0.3, 0.4) is 0 Å². The summed E-state index contributed by atoms with van der Waals surface area (Å²) in [6.45, 7) is 8.93. The minimum atomic E-state index is 0.353. The highest BCUT2D eigenvalue weighted by Crippen LogP contribution is 2.64. The predicted octanol–water partition coefficient (Wildman–Crippen LogP) is 3.96. The summed E-state index contributed by atoms with van der Waals surface area (Å²) >= 11 is 7.07. The molecule has 1 N–H and O–H groups in total. The Morgan fingerprint density at radius 2 is 2.12 bits per heavy atom. The quantitative estimate of drug-likeness (QED) is 0.877. The number of hydrogen-bond donors (Lipinski definition) is 1. The molecule has 1 aliphatic carbocycles. The van der Waals surface area contributed by atoms with Crippen molar-refractivity contribution in [3.8, 4) is 0 Å². The Kier molecular flexibility index (Phi) is 3.96. The number of rotatable bonds is 4. The largest absolute Gasteiger partial charge is 0.317 e. The lowest BCUT2D eigenvalue weighted by molar-refractivity contribution is 0.525. The van der Waals surface area contributed by atoms with E-state index in [1.807, 2.05) is 6.20 Å². The van der Waals surface area contributed by atoms with E-state index in [1.54, 1.807) is 0 Å². The summed E-state index contributed by atoms with van der Waals surface area (Å²) in [5.74, 6) is 1.25. The first kappa shape index (κ1) is 13.5. The fraction of sp³-hybridized carbons (Fsp3) is 0.615. The molecule has 0 radical (unpaired) electrons. The molecule has 2 rings (SSSR count). The number of nitrogens with one attached hydrogen (secondary N) is 1. The van der Waals surface area contributed by atoms with Gasteiger partial charge in [0, 0.05) is 21.1 Å². The Hall–Kier alpha value is 0.0700. The van der Waals surface area contributed by atoms with Crippen molar-refractivity contribution >= 4 is 31.9 Å². The average molecular weight is 362 g/mol. The standard InChI is InChI=1S/C13H18Br2N2/c1-4-16-7-9-11(13(9,2)3)12-10(15)5-8(14)6-17-12/h5-6,9,11,16H,4,7H2,1-3H3. The van der Waals surface area contributed by atoms with Crippen molar-refractivity contribution in [2.24, 2.45) is 11.3 Å². The molecule has 0 amide bonds. The van der Waals surface area contributed by atoms with E-state index in [0.717, 1.165) is 22.0 Å². The molecule has 1 heterocycles. The van der Waals surface area contributed by atoms with Gasteiger partial charge in [0.2, 0.25) is 0 Å². The highest BCUT2D eigenvalue weighted by Gasteiger charge is 2.58. The fourth-order valence-electron chi connectivity index (χ4n) is 2.62. The topological polar surface area (TPSA) is 24.9 Å². The molecule has 0 saturated heterocycles. The Bertz CT molecular complexity index is 418. The fourth-order valence-corrected chi connectivity index (χ4v) is 3.86. The lowest BCUT2D eigenvalue weighted by atomic mass is 10.1. The average Bonchev–Trinajstić information content (AvgIpc) is 2.78. The van der Waals surface area contributed by atoms with Gasteiger partial charge in [-0.1, -0.05) is 20.8 Å². The molecule has 0 aliphatic heterocycles. The Labute approximate surface area is 120 Å². The van der Waals surface area contributed by atoms with Gasteiger partial charge in [0.1, 0.15) is 0 Å². The molecule has 94 valence electrons. The Balaban J connectivity index is 2.18. The van der Waals surface area contributed by atoms with Crippen LogP contribution in [0.25, 0.3) is 0 Å². The first-order chi connectivity index (χ1) is 7.98. The van der Waals surface area contributed by atoms with E-state index < -0.39 is 0 Å². The molecule has 4 heteroatoms. The summed E-state index contributed by atoms with van der Waals surface area (Å²) in [4.78, 5) is 4.57. The summed E-state index contributed by atoms with van der Waals surface area (Å²) in [6, 6.07) is 2.08. The van der Waals surface area contributed by atoms with Crippen LogP contribution in [0.15, 0.2) is 21.2 Å². The van der Waals surface area contributed by atoms with Crippen LogP contribution in [0, 0.1) is 11.3 Å². The minimum absolute atomic E-state index is 0.353. The number of aromatic nitrogens is 1. The molecule has 2 nitrogen and oxygen atoms in total. The zero-order chi connectivity index (χ0) is 12.6. The molecular formula is C13H18Br2N2. The SMILES string of the molecule is CCNCC1C(c2ncc(Br)cc2Br)C1(C)C. The van der Waals surface area contributed by atoms with Crippen molar-refractivity contribution in [2.75, 3.05) is 13.1 Å². The molecule has 1 fully saturated rings. The zero-order valence-corrected chi connectivity index (χ0v) is 13.6. The lowest BCUT2D eigenvalue weighted by Gasteiger charge is -2.05. The Morgan fingerprint density at radius 3 is 2.71 bits per heavy atom. The highest BCUT2D eigenvalue weighted by atomic mass is 79.9. The van der Waals surface area contributed by atoms with E-state index in [0.29, 0.717) is 17.3 Å². The van der Waals surface area contributed by atoms with Gasteiger partial charge in [0.25, 0.3) is 0 Å². The predicted molar refractivity (Wildman–Crippen MR) is 78.2 cm³/mol. The molecule has 1 saturated carbocycles. The molecule has 1 aromatic rings. The molecule has 0 aromatic carbocycles. The van der Waals surface area contributed by atoms with Crippen LogP contribution in [-0.2, 0) is 0 Å². The van der Waals surface area contributed by atoms with Crippen molar-refractivity contribution in [3.05, 3.63) is 26.9 Å². The van der Waals surface area contributed by atoms with Gasteiger partial charge in [-0.2, -0.15) is 0 Å². The van der Waals surface area contributed by atoms with E-state index in [9.17, 15) is 0 Å². The zero-order valence-electron chi connectivity index (χ0n) is 10.4. The molecule has 0 spiro atoms. The van der Waals surface area contributed by atoms with Crippen molar-refractivity contribution in [2.45, 2.75) is 26.7 Å². The van der Waals surface area contributed by atoms with Gasteiger partial charge in [-0.25, -0.2) is 0 Å². The molecule has 0 bridgehead atoms. The van der Waals surface area contributed by atoms with Crippen molar-refractivity contribution in [1.29, 1.82) is 0 Å². The van der Waals surface area contributed by atoms with Gasteiger partial charge in [-0.3, -0.25) is 4.98 Å². The van der Waals surface area contributed by atoms with Crippen molar-refractivity contribution in [1.82, 2.24) is 10.3 Å². The van der Waals surface area contributed by atoms with E-state index in [1.165, 1.54) is 5.69 Å². The van der Waals surface area contributed by atoms with Crippen LogP contribution < -0.4 is 5.32 Å². The van der Waals surface area contributed by atoms with Crippen molar-refractivity contribution in [3.63, 3.8) is 0 Å². The van der Waals surface area contributed by atoms with E-state index in [-0.39, 0.29) is 0 Å². The van der Waals surface area contributed by atoms with Gasteiger partial charge < -0.3 is 5.32 Å². The highest BCUT2D eigenvalue weighted by molar-refractivity contribution is 9.11. The molecule has 1 aromatic heterocycles.